The van der Waals surface area contributed by atoms with Crippen molar-refractivity contribution in [3.8, 4) is 6.07 Å². The molecule has 0 spiro atoms. The van der Waals surface area contributed by atoms with Gasteiger partial charge in [0.1, 0.15) is 6.10 Å². The number of aliphatic hydroxyl groups excluding tert-OH is 2. The van der Waals surface area contributed by atoms with Gasteiger partial charge in [0.25, 0.3) is 0 Å². The minimum absolute atomic E-state index is 0.0928. The van der Waals surface area contributed by atoms with E-state index in [2.05, 4.69) is 4.98 Å². The van der Waals surface area contributed by atoms with Crippen LogP contribution in [0, 0.1) is 11.3 Å². The van der Waals surface area contributed by atoms with Crippen molar-refractivity contribution >= 4 is 6.29 Å². The Hall–Kier alpha value is -1.77. The van der Waals surface area contributed by atoms with Gasteiger partial charge in [-0.25, -0.2) is 0 Å². The maximum atomic E-state index is 10.6. The molecule has 0 aliphatic rings. The third-order valence-corrected chi connectivity index (χ3v) is 1.94. The molecular formula is C10H10N2O3. The summed E-state index contributed by atoms with van der Waals surface area (Å²) in [7, 11) is 0. The molecule has 5 heteroatoms. The Kier molecular flexibility index (Phi) is 3.92. The van der Waals surface area contributed by atoms with E-state index in [0.717, 1.165) is 0 Å². The number of rotatable bonds is 4. The molecule has 1 heterocycles. The predicted molar refractivity (Wildman–Crippen MR) is 50.8 cm³/mol. The van der Waals surface area contributed by atoms with Crippen molar-refractivity contribution < 1.29 is 15.0 Å². The summed E-state index contributed by atoms with van der Waals surface area (Å²) in [5.74, 6) is 0. The zero-order valence-electron chi connectivity index (χ0n) is 7.87. The third kappa shape index (κ3) is 2.59. The zero-order valence-corrected chi connectivity index (χ0v) is 7.87. The lowest BCUT2D eigenvalue weighted by Gasteiger charge is -2.15. The van der Waals surface area contributed by atoms with E-state index in [0.29, 0.717) is 6.29 Å². The summed E-state index contributed by atoms with van der Waals surface area (Å²) >= 11 is 0. The van der Waals surface area contributed by atoms with E-state index in [-0.39, 0.29) is 17.7 Å². The molecule has 2 N–H and O–H groups in total. The van der Waals surface area contributed by atoms with Gasteiger partial charge < -0.3 is 10.2 Å². The lowest BCUT2D eigenvalue weighted by atomic mass is 10.0. The smallest absolute Gasteiger partial charge is 0.151 e. The highest BCUT2D eigenvalue weighted by molar-refractivity contribution is 5.76. The molecule has 5 nitrogen and oxygen atoms in total. The Balaban J connectivity index is 2.95. The van der Waals surface area contributed by atoms with Crippen LogP contribution in [0.5, 0.6) is 0 Å². The maximum absolute atomic E-state index is 10.6. The molecule has 1 aromatic heterocycles. The first kappa shape index (κ1) is 11.3. The lowest BCUT2D eigenvalue weighted by Crippen LogP contribution is -2.20. The van der Waals surface area contributed by atoms with Gasteiger partial charge in [-0.1, -0.05) is 0 Å². The van der Waals surface area contributed by atoms with Crippen molar-refractivity contribution in [2.24, 2.45) is 0 Å². The second kappa shape index (κ2) is 5.20. The van der Waals surface area contributed by atoms with Crippen LogP contribution in [0.1, 0.15) is 28.6 Å². The van der Waals surface area contributed by atoms with Crippen LogP contribution in [0.3, 0.4) is 0 Å². The third-order valence-electron chi connectivity index (χ3n) is 1.94. The molecule has 1 rings (SSSR count). The van der Waals surface area contributed by atoms with Gasteiger partial charge in [-0.15, -0.1) is 0 Å². The van der Waals surface area contributed by atoms with Crippen LogP contribution in [-0.2, 0) is 0 Å². The molecular weight excluding hydrogens is 196 g/mol. The number of carbonyl (C=O) groups excluding carboxylic acids is 1. The van der Waals surface area contributed by atoms with Gasteiger partial charge in [-0.2, -0.15) is 5.26 Å². The highest BCUT2D eigenvalue weighted by Crippen LogP contribution is 2.19. The van der Waals surface area contributed by atoms with E-state index >= 15 is 0 Å². The number of aromatic nitrogens is 1. The highest BCUT2D eigenvalue weighted by atomic mass is 16.3. The monoisotopic (exact) mass is 206 g/mol. The number of pyridine rings is 1. The summed E-state index contributed by atoms with van der Waals surface area (Å²) < 4.78 is 0. The Labute approximate surface area is 86.6 Å². The van der Waals surface area contributed by atoms with E-state index in [9.17, 15) is 15.0 Å². The van der Waals surface area contributed by atoms with Gasteiger partial charge in [0.15, 0.2) is 6.29 Å². The van der Waals surface area contributed by atoms with Crippen LogP contribution in [0.15, 0.2) is 18.3 Å². The van der Waals surface area contributed by atoms with E-state index in [4.69, 9.17) is 5.26 Å². The average Bonchev–Trinajstić information content (AvgIpc) is 2.28. The molecule has 1 aromatic rings. The molecule has 0 bridgehead atoms. The molecule has 0 fully saturated rings. The van der Waals surface area contributed by atoms with E-state index in [1.165, 1.54) is 12.3 Å². The predicted octanol–water partition coefficient (Wildman–Crippen LogP) is 0.202. The Morgan fingerprint density at radius 3 is 2.93 bits per heavy atom. The lowest BCUT2D eigenvalue weighted by molar-refractivity contribution is 0.0186. The molecule has 0 aromatic carbocycles. The second-order valence-electron chi connectivity index (χ2n) is 2.97. The summed E-state index contributed by atoms with van der Waals surface area (Å²) in [5, 5.41) is 27.3. The van der Waals surface area contributed by atoms with Crippen molar-refractivity contribution in [2.75, 3.05) is 0 Å². The summed E-state index contributed by atoms with van der Waals surface area (Å²) in [5.41, 5.74) is 0.303. The highest BCUT2D eigenvalue weighted by Gasteiger charge is 2.21. The average molecular weight is 206 g/mol. The number of aliphatic hydroxyl groups is 2. The number of nitriles is 1. The molecule has 0 saturated carbocycles. The van der Waals surface area contributed by atoms with Gasteiger partial charge in [0.05, 0.1) is 24.3 Å². The SMILES string of the molecule is N#CCC(O)C(O)c1ncccc1C=O. The van der Waals surface area contributed by atoms with Gasteiger partial charge in [-0.05, 0) is 12.1 Å². The Morgan fingerprint density at radius 1 is 1.60 bits per heavy atom. The number of aldehydes is 1. The summed E-state index contributed by atoms with van der Waals surface area (Å²) in [6.45, 7) is 0. The molecule has 0 radical (unpaired) electrons. The molecule has 0 amide bonds. The molecule has 2 unspecified atom stereocenters. The van der Waals surface area contributed by atoms with E-state index in [1.54, 1.807) is 12.1 Å². The first-order chi connectivity index (χ1) is 7.20. The van der Waals surface area contributed by atoms with Crippen molar-refractivity contribution in [1.29, 1.82) is 5.26 Å². The van der Waals surface area contributed by atoms with Crippen LogP contribution in [0.4, 0.5) is 0 Å². The van der Waals surface area contributed by atoms with Crippen molar-refractivity contribution in [2.45, 2.75) is 18.6 Å². The van der Waals surface area contributed by atoms with Gasteiger partial charge in [-0.3, -0.25) is 9.78 Å². The standard InChI is InChI=1S/C10H10N2O3/c11-4-3-8(14)10(15)9-7(6-13)2-1-5-12-9/h1-2,5-6,8,10,14-15H,3H2. The molecule has 0 aliphatic heterocycles. The first-order valence-electron chi connectivity index (χ1n) is 4.34. The largest absolute Gasteiger partial charge is 0.389 e. The molecule has 2 atom stereocenters. The second-order valence-corrected chi connectivity index (χ2v) is 2.97. The fourth-order valence-electron chi connectivity index (χ4n) is 1.16. The van der Waals surface area contributed by atoms with Crippen molar-refractivity contribution in [3.05, 3.63) is 29.6 Å². The van der Waals surface area contributed by atoms with Crippen LogP contribution >= 0.6 is 0 Å². The Bertz CT molecular complexity index is 386. The summed E-state index contributed by atoms with van der Waals surface area (Å²) in [6, 6.07) is 4.77. The number of hydrogen-bond donors (Lipinski definition) is 2. The first-order valence-corrected chi connectivity index (χ1v) is 4.34. The van der Waals surface area contributed by atoms with Crippen LogP contribution in [0.25, 0.3) is 0 Å². The topological polar surface area (TPSA) is 94.2 Å². The van der Waals surface area contributed by atoms with Crippen LogP contribution in [-0.4, -0.2) is 27.6 Å². The molecule has 78 valence electrons. The maximum Gasteiger partial charge on any atom is 0.151 e. The number of hydrogen-bond acceptors (Lipinski definition) is 5. The fourth-order valence-corrected chi connectivity index (χ4v) is 1.16. The van der Waals surface area contributed by atoms with E-state index in [1.807, 2.05) is 0 Å². The molecule has 15 heavy (non-hydrogen) atoms. The number of nitrogens with zero attached hydrogens (tertiary/aromatic N) is 2. The fraction of sp³-hybridized carbons (Fsp3) is 0.300. The minimum Gasteiger partial charge on any atom is -0.389 e. The van der Waals surface area contributed by atoms with Gasteiger partial charge in [0.2, 0.25) is 0 Å². The zero-order chi connectivity index (χ0) is 11.3. The minimum atomic E-state index is -1.31. The quantitative estimate of drug-likeness (QED) is 0.686. The van der Waals surface area contributed by atoms with Crippen molar-refractivity contribution in [1.82, 2.24) is 4.98 Å². The van der Waals surface area contributed by atoms with E-state index < -0.39 is 12.2 Å². The number of carbonyl (C=O) groups is 1. The van der Waals surface area contributed by atoms with Gasteiger partial charge >= 0.3 is 0 Å². The molecule has 0 saturated heterocycles. The Morgan fingerprint density at radius 2 is 2.33 bits per heavy atom. The summed E-state index contributed by atoms with van der Waals surface area (Å²) in [4.78, 5) is 14.4. The summed E-state index contributed by atoms with van der Waals surface area (Å²) in [6.07, 6.45) is -0.805. The molecule has 0 aliphatic carbocycles. The normalized spacial score (nSPS) is 13.9. The van der Waals surface area contributed by atoms with Crippen LogP contribution < -0.4 is 0 Å². The van der Waals surface area contributed by atoms with Gasteiger partial charge in [0, 0.05) is 11.8 Å². The van der Waals surface area contributed by atoms with Crippen LogP contribution in [0.2, 0.25) is 0 Å². The van der Waals surface area contributed by atoms with Crippen molar-refractivity contribution in [3.63, 3.8) is 0 Å².